The maximum atomic E-state index is 14.4. The number of benzene rings is 5. The molecular formula is C35H31ClN2O3S. The Kier molecular flexibility index (Phi) is 9.06. The van der Waals surface area contributed by atoms with Gasteiger partial charge >= 0.3 is 0 Å². The van der Waals surface area contributed by atoms with E-state index in [2.05, 4.69) is 0 Å². The molecule has 0 unspecified atom stereocenters. The summed E-state index contributed by atoms with van der Waals surface area (Å²) in [5.41, 5.74) is 4.25. The lowest BCUT2D eigenvalue weighted by Crippen LogP contribution is -2.35. The van der Waals surface area contributed by atoms with Gasteiger partial charge in [-0.1, -0.05) is 114 Å². The molecule has 0 bridgehead atoms. The number of hydrogen-bond donors (Lipinski definition) is 0. The van der Waals surface area contributed by atoms with E-state index >= 15 is 0 Å². The molecule has 5 rings (SSSR count). The molecule has 1 amide bonds. The Hall–Kier alpha value is -4.39. The van der Waals surface area contributed by atoms with Gasteiger partial charge in [-0.25, -0.2) is 8.42 Å². The van der Waals surface area contributed by atoms with Crippen LogP contribution in [0.3, 0.4) is 0 Å². The second kappa shape index (κ2) is 13.1. The third kappa shape index (κ3) is 6.90. The van der Waals surface area contributed by atoms with E-state index in [1.165, 1.54) is 4.31 Å². The van der Waals surface area contributed by atoms with Gasteiger partial charge in [0.1, 0.15) is 0 Å². The van der Waals surface area contributed by atoms with Crippen molar-refractivity contribution in [2.24, 2.45) is 0 Å². The van der Waals surface area contributed by atoms with Crippen molar-refractivity contribution in [1.82, 2.24) is 4.90 Å². The molecule has 0 aliphatic carbocycles. The Morgan fingerprint density at radius 2 is 1.12 bits per heavy atom. The van der Waals surface area contributed by atoms with E-state index in [4.69, 9.17) is 11.6 Å². The van der Waals surface area contributed by atoms with Gasteiger partial charge in [-0.05, 0) is 60.0 Å². The van der Waals surface area contributed by atoms with Gasteiger partial charge in [0, 0.05) is 18.1 Å². The molecule has 7 heteroatoms. The lowest BCUT2D eigenvalue weighted by molar-refractivity contribution is 0.0731. The van der Waals surface area contributed by atoms with Gasteiger partial charge in [-0.2, -0.15) is 0 Å². The quantitative estimate of drug-likeness (QED) is 0.165. The Bertz CT molecular complexity index is 1700. The minimum Gasteiger partial charge on any atom is -0.330 e. The van der Waals surface area contributed by atoms with Gasteiger partial charge in [0.25, 0.3) is 15.9 Å². The molecule has 0 radical (unpaired) electrons. The SMILES string of the molecule is Cc1ccc(S(=O)(=O)N(Cc2ccc(Cl)cc2)c2ccccc2C(=O)N(Cc2ccccc2)Cc2ccccc2)cc1. The molecule has 0 atom stereocenters. The van der Waals surface area contributed by atoms with Crippen molar-refractivity contribution in [3.8, 4) is 0 Å². The monoisotopic (exact) mass is 594 g/mol. The highest BCUT2D eigenvalue weighted by Crippen LogP contribution is 2.31. The number of hydrogen-bond acceptors (Lipinski definition) is 3. The van der Waals surface area contributed by atoms with Crippen molar-refractivity contribution in [3.05, 3.63) is 166 Å². The summed E-state index contributed by atoms with van der Waals surface area (Å²) in [5, 5.41) is 0.555. The van der Waals surface area contributed by atoms with Crippen molar-refractivity contribution in [1.29, 1.82) is 0 Å². The molecule has 5 nitrogen and oxygen atoms in total. The van der Waals surface area contributed by atoms with E-state index in [-0.39, 0.29) is 17.3 Å². The van der Waals surface area contributed by atoms with Crippen molar-refractivity contribution >= 4 is 33.2 Å². The lowest BCUT2D eigenvalue weighted by Gasteiger charge is -2.29. The average molecular weight is 595 g/mol. The van der Waals surface area contributed by atoms with E-state index < -0.39 is 10.0 Å². The molecular weight excluding hydrogens is 564 g/mol. The molecule has 0 spiro atoms. The number of carbonyl (C=O) groups is 1. The summed E-state index contributed by atoms with van der Waals surface area (Å²) >= 11 is 6.12. The third-order valence-electron chi connectivity index (χ3n) is 6.97. The van der Waals surface area contributed by atoms with Crippen molar-refractivity contribution < 1.29 is 13.2 Å². The highest BCUT2D eigenvalue weighted by Gasteiger charge is 2.30. The van der Waals surface area contributed by atoms with Gasteiger partial charge in [0.2, 0.25) is 0 Å². The van der Waals surface area contributed by atoms with Crippen LogP contribution in [0.1, 0.15) is 32.6 Å². The molecule has 0 heterocycles. The highest BCUT2D eigenvalue weighted by molar-refractivity contribution is 7.92. The number of aryl methyl sites for hydroxylation is 1. The summed E-state index contributed by atoms with van der Waals surface area (Å²) in [6.45, 7) is 2.66. The van der Waals surface area contributed by atoms with Crippen LogP contribution >= 0.6 is 11.6 Å². The van der Waals surface area contributed by atoms with Crippen LogP contribution in [0.2, 0.25) is 5.02 Å². The molecule has 0 saturated carbocycles. The molecule has 0 N–H and O–H groups in total. The van der Waals surface area contributed by atoms with Crippen LogP contribution in [-0.2, 0) is 29.7 Å². The second-order valence-corrected chi connectivity index (χ2v) is 12.4. The normalized spacial score (nSPS) is 11.2. The first kappa shape index (κ1) is 29.1. The summed E-state index contributed by atoms with van der Waals surface area (Å²) in [5.74, 6) is -0.265. The summed E-state index contributed by atoms with van der Waals surface area (Å²) in [4.78, 5) is 16.3. The van der Waals surface area contributed by atoms with E-state index in [1.54, 1.807) is 77.7 Å². The predicted octanol–water partition coefficient (Wildman–Crippen LogP) is 7.89. The Morgan fingerprint density at radius 3 is 1.69 bits per heavy atom. The lowest BCUT2D eigenvalue weighted by atomic mass is 10.1. The zero-order chi connectivity index (χ0) is 29.5. The van der Waals surface area contributed by atoms with Crippen molar-refractivity contribution in [2.75, 3.05) is 4.31 Å². The molecule has 0 aromatic heterocycles. The average Bonchev–Trinajstić information content (AvgIpc) is 3.01. The topological polar surface area (TPSA) is 57.7 Å². The van der Waals surface area contributed by atoms with Gasteiger partial charge in [0.05, 0.1) is 22.7 Å². The van der Waals surface area contributed by atoms with Gasteiger partial charge in [-0.15, -0.1) is 0 Å². The second-order valence-electron chi connectivity index (χ2n) is 10.1. The van der Waals surface area contributed by atoms with Crippen LogP contribution in [0.4, 0.5) is 5.69 Å². The Morgan fingerprint density at radius 1 is 0.619 bits per heavy atom. The van der Waals surface area contributed by atoms with Gasteiger partial charge < -0.3 is 4.90 Å². The standard InChI is InChI=1S/C35H31ClN2O3S/c1-27-16-22-32(23-17-27)42(40,41)38(26-30-18-20-31(36)21-19-30)34-15-9-8-14-33(34)35(39)37(24-28-10-4-2-5-11-28)25-29-12-6-3-7-13-29/h2-23H,24-26H2,1H3. The molecule has 212 valence electrons. The van der Waals surface area contributed by atoms with E-state index in [9.17, 15) is 13.2 Å². The molecule has 0 aliphatic heterocycles. The zero-order valence-corrected chi connectivity index (χ0v) is 24.8. The van der Waals surface area contributed by atoms with Crippen molar-refractivity contribution in [3.63, 3.8) is 0 Å². The Balaban J connectivity index is 1.59. The van der Waals surface area contributed by atoms with Gasteiger partial charge in [0.15, 0.2) is 0 Å². The fourth-order valence-electron chi connectivity index (χ4n) is 4.74. The maximum Gasteiger partial charge on any atom is 0.264 e. The number of amides is 1. The number of halogens is 1. The number of sulfonamides is 1. The minimum atomic E-state index is -4.05. The smallest absolute Gasteiger partial charge is 0.264 e. The Labute approximate surface area is 252 Å². The summed E-state index contributed by atoms with van der Waals surface area (Å²) in [6, 6.07) is 40.2. The minimum absolute atomic E-state index is 0.0229. The highest BCUT2D eigenvalue weighted by atomic mass is 35.5. The number of para-hydroxylation sites is 1. The summed E-state index contributed by atoms with van der Waals surface area (Å²) in [6.07, 6.45) is 0. The van der Waals surface area contributed by atoms with Crippen LogP contribution < -0.4 is 4.31 Å². The zero-order valence-electron chi connectivity index (χ0n) is 23.2. The molecule has 42 heavy (non-hydrogen) atoms. The van der Waals surface area contributed by atoms with Crippen molar-refractivity contribution in [2.45, 2.75) is 31.5 Å². The first-order chi connectivity index (χ1) is 20.3. The van der Waals surface area contributed by atoms with Gasteiger partial charge in [-0.3, -0.25) is 9.10 Å². The van der Waals surface area contributed by atoms with E-state index in [1.807, 2.05) is 67.6 Å². The molecule has 0 fully saturated rings. The fourth-order valence-corrected chi connectivity index (χ4v) is 6.34. The van der Waals surface area contributed by atoms with E-state index in [0.29, 0.717) is 29.4 Å². The fraction of sp³-hybridized carbons (Fsp3) is 0.114. The van der Waals surface area contributed by atoms with Crippen LogP contribution in [0.15, 0.2) is 138 Å². The summed E-state index contributed by atoms with van der Waals surface area (Å²) < 4.78 is 29.8. The maximum absolute atomic E-state index is 14.4. The predicted molar refractivity (Wildman–Crippen MR) is 169 cm³/mol. The number of nitrogens with zero attached hydrogens (tertiary/aromatic N) is 2. The molecule has 5 aromatic rings. The number of carbonyl (C=O) groups excluding carboxylic acids is 1. The first-order valence-corrected chi connectivity index (χ1v) is 15.4. The number of rotatable bonds is 10. The van der Waals surface area contributed by atoms with E-state index in [0.717, 1.165) is 22.3 Å². The summed E-state index contributed by atoms with van der Waals surface area (Å²) in [7, 11) is -4.05. The largest absolute Gasteiger partial charge is 0.330 e. The number of anilines is 1. The van der Waals surface area contributed by atoms with Crippen LogP contribution in [-0.4, -0.2) is 19.2 Å². The first-order valence-electron chi connectivity index (χ1n) is 13.6. The van der Waals surface area contributed by atoms with Crippen LogP contribution in [0.5, 0.6) is 0 Å². The molecule has 0 saturated heterocycles. The van der Waals surface area contributed by atoms with Crippen LogP contribution in [0, 0.1) is 6.92 Å². The molecule has 5 aromatic carbocycles. The van der Waals surface area contributed by atoms with Crippen LogP contribution in [0.25, 0.3) is 0 Å². The molecule has 0 aliphatic rings. The third-order valence-corrected chi connectivity index (χ3v) is 9.00.